The van der Waals surface area contributed by atoms with E-state index < -0.39 is 23.2 Å². The highest BCUT2D eigenvalue weighted by Gasteiger charge is 2.42. The summed E-state index contributed by atoms with van der Waals surface area (Å²) in [4.78, 5) is 27.5. The summed E-state index contributed by atoms with van der Waals surface area (Å²) < 4.78 is 24.9. The number of benzene rings is 2. The minimum Gasteiger partial charge on any atom is -0.494 e. The van der Waals surface area contributed by atoms with E-state index in [4.69, 9.17) is 9.15 Å². The lowest BCUT2D eigenvalue weighted by molar-refractivity contribution is 0.0691. The number of hydrogen-bond donors (Lipinski definition) is 1. The van der Waals surface area contributed by atoms with Crippen LogP contribution in [-0.4, -0.2) is 35.7 Å². The third-order valence-corrected chi connectivity index (χ3v) is 4.75. The van der Waals surface area contributed by atoms with Crippen molar-refractivity contribution in [3.63, 3.8) is 0 Å². The number of ether oxygens (including phenoxy) is 1. The second-order valence-electron chi connectivity index (χ2n) is 6.44. The summed E-state index contributed by atoms with van der Waals surface area (Å²) in [6.07, 6.45) is 0. The van der Waals surface area contributed by atoms with Crippen LogP contribution in [0.1, 0.15) is 34.6 Å². The third-order valence-electron chi connectivity index (χ3n) is 4.75. The highest BCUT2D eigenvalue weighted by atomic mass is 19.1. The zero-order valence-electron chi connectivity index (χ0n) is 15.1. The van der Waals surface area contributed by atoms with Gasteiger partial charge in [-0.3, -0.25) is 9.59 Å². The minimum atomic E-state index is -0.751. The number of nitrogens with zero attached hydrogens (tertiary/aromatic N) is 1. The van der Waals surface area contributed by atoms with Crippen LogP contribution in [0, 0.1) is 5.82 Å². The quantitative estimate of drug-likeness (QED) is 0.733. The van der Waals surface area contributed by atoms with E-state index in [1.165, 1.54) is 17.0 Å². The molecule has 0 unspecified atom stereocenters. The molecule has 0 spiro atoms. The number of amides is 1. The smallest absolute Gasteiger partial charge is 0.290 e. The molecule has 2 heterocycles. The summed E-state index contributed by atoms with van der Waals surface area (Å²) in [5.41, 5.74) is 0.474. The van der Waals surface area contributed by atoms with Gasteiger partial charge in [0.25, 0.3) is 5.91 Å². The topological polar surface area (TPSA) is 80.0 Å². The molecule has 1 aromatic heterocycles. The van der Waals surface area contributed by atoms with E-state index in [9.17, 15) is 19.1 Å². The predicted molar refractivity (Wildman–Crippen MR) is 100 cm³/mol. The maximum atomic E-state index is 13.7. The maximum Gasteiger partial charge on any atom is 0.290 e. The Labute approximate surface area is 159 Å². The molecule has 4 rings (SSSR count). The molecule has 144 valence electrons. The van der Waals surface area contributed by atoms with Gasteiger partial charge in [-0.15, -0.1) is 0 Å². The Morgan fingerprint density at radius 3 is 2.79 bits per heavy atom. The van der Waals surface area contributed by atoms with Crippen LogP contribution in [0.15, 0.2) is 51.7 Å². The number of carbonyl (C=O) groups excluding carboxylic acids is 1. The molecule has 28 heavy (non-hydrogen) atoms. The SMILES string of the molecule is CCOc1cccc([C@@H]2c3c(oc4ccc(F)cc4c3=O)C(=O)N2CCO)c1. The van der Waals surface area contributed by atoms with Crippen molar-refractivity contribution in [2.45, 2.75) is 13.0 Å². The lowest BCUT2D eigenvalue weighted by atomic mass is 9.98. The summed E-state index contributed by atoms with van der Waals surface area (Å²) in [6, 6.07) is 9.92. The first-order chi connectivity index (χ1) is 13.5. The Balaban J connectivity index is 1.97. The van der Waals surface area contributed by atoms with Crippen LogP contribution < -0.4 is 10.2 Å². The van der Waals surface area contributed by atoms with Crippen LogP contribution in [0.2, 0.25) is 0 Å². The molecule has 0 aliphatic carbocycles. The van der Waals surface area contributed by atoms with Gasteiger partial charge >= 0.3 is 0 Å². The molecule has 0 fully saturated rings. The van der Waals surface area contributed by atoms with Gasteiger partial charge in [-0.25, -0.2) is 4.39 Å². The molecular formula is C21H18FNO5. The first kappa shape index (κ1) is 18.2. The van der Waals surface area contributed by atoms with Crippen LogP contribution in [0.4, 0.5) is 4.39 Å². The second-order valence-corrected chi connectivity index (χ2v) is 6.44. The Bertz CT molecular complexity index is 1120. The lowest BCUT2D eigenvalue weighted by Crippen LogP contribution is -2.32. The molecule has 0 bridgehead atoms. The average molecular weight is 383 g/mol. The van der Waals surface area contributed by atoms with E-state index in [-0.39, 0.29) is 35.4 Å². The van der Waals surface area contributed by atoms with Crippen molar-refractivity contribution in [2.75, 3.05) is 19.8 Å². The molecule has 0 radical (unpaired) electrons. The van der Waals surface area contributed by atoms with Crippen LogP contribution in [0.3, 0.4) is 0 Å². The first-order valence-electron chi connectivity index (χ1n) is 8.96. The number of halogens is 1. The number of rotatable bonds is 5. The first-order valence-corrected chi connectivity index (χ1v) is 8.96. The monoisotopic (exact) mass is 383 g/mol. The standard InChI is InChI=1S/C21H18FNO5/c1-2-27-14-5-3-4-12(10-14)18-17-19(25)15-11-13(22)6-7-16(15)28-20(17)21(26)23(18)8-9-24/h3-7,10-11,18,24H,2,8-9H2,1H3/t18-/m1/s1. The number of fused-ring (bicyclic) bond motifs is 2. The fourth-order valence-corrected chi connectivity index (χ4v) is 3.62. The molecule has 0 saturated heterocycles. The number of hydrogen-bond acceptors (Lipinski definition) is 5. The number of aliphatic hydroxyl groups is 1. The molecule has 1 aliphatic heterocycles. The van der Waals surface area contributed by atoms with Crippen LogP contribution in [-0.2, 0) is 0 Å². The number of aliphatic hydroxyl groups excluding tert-OH is 1. The normalized spacial score (nSPS) is 15.9. The Kier molecular flexibility index (Phi) is 4.60. The third kappa shape index (κ3) is 2.84. The van der Waals surface area contributed by atoms with Crippen LogP contribution >= 0.6 is 0 Å². The molecule has 1 N–H and O–H groups in total. The summed E-state index contributed by atoms with van der Waals surface area (Å²) in [7, 11) is 0. The van der Waals surface area contributed by atoms with Gasteiger partial charge in [0.1, 0.15) is 17.1 Å². The predicted octanol–water partition coefficient (Wildman–Crippen LogP) is 2.87. The summed E-state index contributed by atoms with van der Waals surface area (Å²) >= 11 is 0. The summed E-state index contributed by atoms with van der Waals surface area (Å²) in [5.74, 6) is -0.532. The van der Waals surface area contributed by atoms with E-state index in [1.807, 2.05) is 6.92 Å². The zero-order valence-corrected chi connectivity index (χ0v) is 15.1. The second kappa shape index (κ2) is 7.09. The highest BCUT2D eigenvalue weighted by Crippen LogP contribution is 2.38. The van der Waals surface area contributed by atoms with Gasteiger partial charge in [-0.05, 0) is 42.8 Å². The molecular weight excluding hydrogens is 365 g/mol. The molecule has 7 heteroatoms. The van der Waals surface area contributed by atoms with E-state index in [0.29, 0.717) is 17.9 Å². The molecule has 1 amide bonds. The Hall–Kier alpha value is -3.19. The summed E-state index contributed by atoms with van der Waals surface area (Å²) in [5, 5.41) is 9.52. The fourth-order valence-electron chi connectivity index (χ4n) is 3.62. The average Bonchev–Trinajstić information content (AvgIpc) is 2.96. The minimum absolute atomic E-state index is 0.0245. The molecule has 1 aliphatic rings. The largest absolute Gasteiger partial charge is 0.494 e. The Morgan fingerprint density at radius 1 is 1.21 bits per heavy atom. The van der Waals surface area contributed by atoms with Crippen molar-refractivity contribution in [1.29, 1.82) is 0 Å². The zero-order chi connectivity index (χ0) is 19.8. The van der Waals surface area contributed by atoms with Crippen LogP contribution in [0.25, 0.3) is 11.0 Å². The van der Waals surface area contributed by atoms with Crippen molar-refractivity contribution in [3.8, 4) is 5.75 Å². The molecule has 6 nitrogen and oxygen atoms in total. The van der Waals surface area contributed by atoms with E-state index in [1.54, 1.807) is 24.3 Å². The fraction of sp³-hybridized carbons (Fsp3) is 0.238. The van der Waals surface area contributed by atoms with Crippen molar-refractivity contribution < 1.29 is 23.4 Å². The highest BCUT2D eigenvalue weighted by molar-refractivity contribution is 5.99. The van der Waals surface area contributed by atoms with Gasteiger partial charge in [0.05, 0.1) is 30.2 Å². The van der Waals surface area contributed by atoms with E-state index >= 15 is 0 Å². The van der Waals surface area contributed by atoms with Crippen molar-refractivity contribution in [1.82, 2.24) is 4.90 Å². The van der Waals surface area contributed by atoms with Crippen molar-refractivity contribution >= 4 is 16.9 Å². The van der Waals surface area contributed by atoms with Gasteiger partial charge in [0, 0.05) is 6.54 Å². The van der Waals surface area contributed by atoms with Gasteiger partial charge in [0.2, 0.25) is 5.76 Å². The maximum absolute atomic E-state index is 13.7. The molecule has 2 aromatic carbocycles. The van der Waals surface area contributed by atoms with Crippen molar-refractivity contribution in [3.05, 3.63) is 75.4 Å². The van der Waals surface area contributed by atoms with Crippen molar-refractivity contribution in [2.24, 2.45) is 0 Å². The number of carbonyl (C=O) groups is 1. The van der Waals surface area contributed by atoms with Gasteiger partial charge in [-0.2, -0.15) is 0 Å². The van der Waals surface area contributed by atoms with Gasteiger partial charge in [-0.1, -0.05) is 12.1 Å². The van der Waals surface area contributed by atoms with E-state index in [0.717, 1.165) is 6.07 Å². The lowest BCUT2D eigenvalue weighted by Gasteiger charge is -2.24. The molecule has 1 atom stereocenters. The summed E-state index contributed by atoms with van der Waals surface area (Å²) in [6.45, 7) is 2.07. The number of β-amino-alcohol motifs (C(OH)–C–C–N with tert-alkyl or cyclic N) is 1. The van der Waals surface area contributed by atoms with E-state index in [2.05, 4.69) is 0 Å². The Morgan fingerprint density at radius 2 is 2.04 bits per heavy atom. The van der Waals surface area contributed by atoms with Gasteiger partial charge in [0.15, 0.2) is 5.43 Å². The van der Waals surface area contributed by atoms with Crippen LogP contribution in [0.5, 0.6) is 5.75 Å². The molecule has 3 aromatic rings. The molecule has 0 saturated carbocycles. The van der Waals surface area contributed by atoms with Gasteiger partial charge < -0.3 is 19.2 Å².